The Balaban J connectivity index is 2.45. The topological polar surface area (TPSA) is 3.24 Å². The van der Waals surface area contributed by atoms with Crippen LogP contribution in [0.5, 0.6) is 0 Å². The SMILES string of the molecule is CC(C)Sc1ccc(CCN(C)CCl)cc1. The maximum absolute atomic E-state index is 5.72. The van der Waals surface area contributed by atoms with Gasteiger partial charge in [0.05, 0.1) is 6.00 Å². The highest BCUT2D eigenvalue weighted by Gasteiger charge is 2.00. The number of thioether (sulfide) groups is 1. The smallest absolute Gasteiger partial charge is 0.0736 e. The molecule has 1 rings (SSSR count). The van der Waals surface area contributed by atoms with Gasteiger partial charge in [-0.15, -0.1) is 23.4 Å². The average molecular weight is 258 g/mol. The van der Waals surface area contributed by atoms with Gasteiger partial charge in [-0.25, -0.2) is 0 Å². The second kappa shape index (κ2) is 7.21. The van der Waals surface area contributed by atoms with E-state index in [1.165, 1.54) is 10.5 Å². The Morgan fingerprint density at radius 2 is 1.88 bits per heavy atom. The Hall–Kier alpha value is -0.180. The van der Waals surface area contributed by atoms with E-state index in [1.54, 1.807) is 0 Å². The first-order chi connectivity index (χ1) is 7.61. The molecule has 0 heterocycles. The highest BCUT2D eigenvalue weighted by Crippen LogP contribution is 2.22. The number of hydrogen-bond acceptors (Lipinski definition) is 2. The molecule has 0 spiro atoms. The van der Waals surface area contributed by atoms with Crippen molar-refractivity contribution in [2.24, 2.45) is 0 Å². The molecule has 3 heteroatoms. The molecule has 0 atom stereocenters. The first kappa shape index (κ1) is 13.9. The van der Waals surface area contributed by atoms with Crippen LogP contribution in [-0.4, -0.2) is 29.7 Å². The molecule has 0 saturated heterocycles. The molecule has 1 aromatic rings. The minimum atomic E-state index is 0.598. The number of alkyl halides is 1. The van der Waals surface area contributed by atoms with Gasteiger partial charge in [-0.1, -0.05) is 26.0 Å². The van der Waals surface area contributed by atoms with Gasteiger partial charge in [0.1, 0.15) is 0 Å². The van der Waals surface area contributed by atoms with Crippen LogP contribution in [0, 0.1) is 0 Å². The third-order valence-electron chi connectivity index (χ3n) is 2.28. The molecule has 0 amide bonds. The summed E-state index contributed by atoms with van der Waals surface area (Å²) >= 11 is 7.63. The van der Waals surface area contributed by atoms with Gasteiger partial charge in [0.25, 0.3) is 0 Å². The molecule has 0 fully saturated rings. The number of halogens is 1. The van der Waals surface area contributed by atoms with E-state index >= 15 is 0 Å². The zero-order valence-electron chi connectivity index (χ0n) is 10.2. The van der Waals surface area contributed by atoms with Crippen LogP contribution in [0.3, 0.4) is 0 Å². The van der Waals surface area contributed by atoms with E-state index < -0.39 is 0 Å². The van der Waals surface area contributed by atoms with Gasteiger partial charge in [0.15, 0.2) is 0 Å². The first-order valence-corrected chi connectivity index (χ1v) is 7.03. The Kier molecular flexibility index (Phi) is 6.25. The first-order valence-electron chi connectivity index (χ1n) is 5.62. The summed E-state index contributed by atoms with van der Waals surface area (Å²) in [6.07, 6.45) is 1.07. The average Bonchev–Trinajstić information content (AvgIpc) is 2.27. The summed E-state index contributed by atoms with van der Waals surface area (Å²) in [7, 11) is 2.04. The Labute approximate surface area is 108 Å². The molecule has 1 nitrogen and oxygen atoms in total. The fourth-order valence-electron chi connectivity index (χ4n) is 1.39. The largest absolute Gasteiger partial charge is 0.293 e. The van der Waals surface area contributed by atoms with Crippen LogP contribution in [0.2, 0.25) is 0 Å². The van der Waals surface area contributed by atoms with Crippen molar-refractivity contribution in [1.29, 1.82) is 0 Å². The molecular formula is C13H20ClNS. The lowest BCUT2D eigenvalue weighted by atomic mass is 10.1. The van der Waals surface area contributed by atoms with Gasteiger partial charge in [0.2, 0.25) is 0 Å². The van der Waals surface area contributed by atoms with Crippen molar-refractivity contribution in [3.63, 3.8) is 0 Å². The number of rotatable bonds is 6. The standard InChI is InChI=1S/C13H20ClNS/c1-11(2)16-13-6-4-12(5-7-13)8-9-15(3)10-14/h4-7,11H,8-10H2,1-3H3. The molecule has 0 unspecified atom stereocenters. The molecule has 0 saturated carbocycles. The van der Waals surface area contributed by atoms with Crippen LogP contribution < -0.4 is 0 Å². The van der Waals surface area contributed by atoms with Crippen molar-refractivity contribution in [1.82, 2.24) is 4.90 Å². The fourth-order valence-corrected chi connectivity index (χ4v) is 2.34. The van der Waals surface area contributed by atoms with Crippen LogP contribution in [0.15, 0.2) is 29.2 Å². The fraction of sp³-hybridized carbons (Fsp3) is 0.538. The summed E-state index contributed by atoms with van der Waals surface area (Å²) in [5.74, 6) is 0. The minimum absolute atomic E-state index is 0.598. The van der Waals surface area contributed by atoms with Crippen molar-refractivity contribution >= 4 is 23.4 Å². The van der Waals surface area contributed by atoms with Gasteiger partial charge in [-0.05, 0) is 31.2 Å². The van der Waals surface area contributed by atoms with E-state index in [-0.39, 0.29) is 0 Å². The van der Waals surface area contributed by atoms with Crippen molar-refractivity contribution in [2.75, 3.05) is 19.6 Å². The second-order valence-corrected chi connectivity index (χ2v) is 6.15. The Bertz CT molecular complexity index is 297. The third-order valence-corrected chi connectivity index (χ3v) is 3.71. The van der Waals surface area contributed by atoms with Crippen LogP contribution >= 0.6 is 23.4 Å². The molecular weight excluding hydrogens is 238 g/mol. The zero-order valence-corrected chi connectivity index (χ0v) is 11.8. The van der Waals surface area contributed by atoms with E-state index in [0.29, 0.717) is 11.3 Å². The van der Waals surface area contributed by atoms with E-state index in [9.17, 15) is 0 Å². The van der Waals surface area contributed by atoms with Crippen LogP contribution in [-0.2, 0) is 6.42 Å². The van der Waals surface area contributed by atoms with Crippen LogP contribution in [0.25, 0.3) is 0 Å². The molecule has 0 aliphatic heterocycles. The van der Waals surface area contributed by atoms with Crippen molar-refractivity contribution in [2.45, 2.75) is 30.4 Å². The molecule has 16 heavy (non-hydrogen) atoms. The third kappa shape index (κ3) is 5.24. The van der Waals surface area contributed by atoms with Crippen molar-refractivity contribution < 1.29 is 0 Å². The van der Waals surface area contributed by atoms with E-state index in [4.69, 9.17) is 11.6 Å². The van der Waals surface area contributed by atoms with Gasteiger partial charge >= 0.3 is 0 Å². The second-order valence-electron chi connectivity index (χ2n) is 4.26. The summed E-state index contributed by atoms with van der Waals surface area (Å²) in [5.41, 5.74) is 1.38. The maximum atomic E-state index is 5.72. The normalized spacial score (nSPS) is 11.4. The van der Waals surface area contributed by atoms with Gasteiger partial charge in [0, 0.05) is 16.7 Å². The quantitative estimate of drug-likeness (QED) is 0.433. The summed E-state index contributed by atoms with van der Waals surface area (Å²) < 4.78 is 0. The molecule has 0 aliphatic rings. The summed E-state index contributed by atoms with van der Waals surface area (Å²) in [6, 6.07) is 9.45. The van der Waals surface area contributed by atoms with Crippen LogP contribution in [0.4, 0.5) is 0 Å². The Morgan fingerprint density at radius 1 is 1.25 bits per heavy atom. The van der Waals surface area contributed by atoms with E-state index in [0.717, 1.165) is 13.0 Å². The lowest BCUT2D eigenvalue weighted by molar-refractivity contribution is 0.394. The van der Waals surface area contributed by atoms with E-state index in [2.05, 4.69) is 43.0 Å². The highest BCUT2D eigenvalue weighted by atomic mass is 35.5. The van der Waals surface area contributed by atoms with Crippen molar-refractivity contribution in [3.05, 3.63) is 29.8 Å². The zero-order chi connectivity index (χ0) is 12.0. The lowest BCUT2D eigenvalue weighted by Crippen LogP contribution is -2.19. The molecule has 1 aromatic carbocycles. The number of likely N-dealkylation sites (N-methyl/N-ethyl adjacent to an activating group) is 1. The van der Waals surface area contributed by atoms with E-state index in [1.807, 2.05) is 18.8 Å². The predicted octanol–water partition coefficient (Wildman–Crippen LogP) is 3.86. The van der Waals surface area contributed by atoms with Crippen LogP contribution in [0.1, 0.15) is 19.4 Å². The van der Waals surface area contributed by atoms with Gasteiger partial charge < -0.3 is 0 Å². The van der Waals surface area contributed by atoms with Crippen molar-refractivity contribution in [3.8, 4) is 0 Å². The predicted molar refractivity (Wildman–Crippen MR) is 74.5 cm³/mol. The lowest BCUT2D eigenvalue weighted by Gasteiger charge is -2.12. The van der Waals surface area contributed by atoms with Gasteiger partial charge in [-0.2, -0.15) is 0 Å². The van der Waals surface area contributed by atoms with Gasteiger partial charge in [-0.3, -0.25) is 4.90 Å². The molecule has 0 N–H and O–H groups in total. The summed E-state index contributed by atoms with van der Waals surface area (Å²) in [6.45, 7) is 5.45. The maximum Gasteiger partial charge on any atom is 0.0736 e. The number of hydrogen-bond donors (Lipinski definition) is 0. The number of nitrogens with zero attached hydrogens (tertiary/aromatic N) is 1. The Morgan fingerprint density at radius 3 is 2.38 bits per heavy atom. The minimum Gasteiger partial charge on any atom is -0.293 e. The molecule has 0 aliphatic carbocycles. The highest BCUT2D eigenvalue weighted by molar-refractivity contribution is 7.99. The molecule has 0 aromatic heterocycles. The molecule has 90 valence electrons. The number of benzene rings is 1. The summed E-state index contributed by atoms with van der Waals surface area (Å²) in [4.78, 5) is 3.46. The molecule has 0 bridgehead atoms. The molecule has 0 radical (unpaired) electrons. The summed E-state index contributed by atoms with van der Waals surface area (Å²) in [5, 5.41) is 0.647. The monoisotopic (exact) mass is 257 g/mol.